The van der Waals surface area contributed by atoms with Crippen LogP contribution in [-0.2, 0) is 13.1 Å². The summed E-state index contributed by atoms with van der Waals surface area (Å²) in [6, 6.07) is 14.4. The van der Waals surface area contributed by atoms with Crippen molar-refractivity contribution >= 4 is 21.6 Å². The monoisotopic (exact) mass is 334 g/mol. The average Bonchev–Trinajstić information content (AvgIpc) is 2.48. The summed E-state index contributed by atoms with van der Waals surface area (Å²) < 4.78 is 6.43. The van der Waals surface area contributed by atoms with E-state index in [1.165, 1.54) is 5.56 Å². The maximum atomic E-state index is 5.37. The van der Waals surface area contributed by atoms with E-state index in [0.717, 1.165) is 34.6 Å². The maximum absolute atomic E-state index is 5.37. The van der Waals surface area contributed by atoms with Crippen molar-refractivity contribution in [1.82, 2.24) is 5.32 Å². The molecule has 0 aromatic heterocycles. The zero-order valence-electron chi connectivity index (χ0n) is 11.7. The quantitative estimate of drug-likeness (QED) is 0.843. The lowest BCUT2D eigenvalue weighted by Crippen LogP contribution is -2.13. The number of nitrogens with one attached hydrogen (secondary N) is 2. The van der Waals surface area contributed by atoms with Crippen LogP contribution in [0.15, 0.2) is 46.9 Å². The van der Waals surface area contributed by atoms with Crippen LogP contribution in [0.25, 0.3) is 0 Å². The summed E-state index contributed by atoms with van der Waals surface area (Å²) in [5, 5.41) is 6.59. The minimum atomic E-state index is 0.770. The SMILES string of the molecule is CNc1cccc(CNCc2cc(Br)ccc2OC)c1. The van der Waals surface area contributed by atoms with Gasteiger partial charge in [0, 0.05) is 35.9 Å². The van der Waals surface area contributed by atoms with Crippen molar-refractivity contribution in [1.29, 1.82) is 0 Å². The van der Waals surface area contributed by atoms with Crippen LogP contribution in [0.5, 0.6) is 5.75 Å². The van der Waals surface area contributed by atoms with Gasteiger partial charge in [0.1, 0.15) is 5.75 Å². The van der Waals surface area contributed by atoms with Crippen molar-refractivity contribution in [3.8, 4) is 5.75 Å². The molecule has 0 bridgehead atoms. The molecule has 2 rings (SSSR count). The first-order valence-corrected chi connectivity index (χ1v) is 7.32. The molecule has 0 aliphatic heterocycles. The molecule has 2 N–H and O–H groups in total. The number of ether oxygens (including phenoxy) is 1. The van der Waals surface area contributed by atoms with Crippen molar-refractivity contribution in [2.24, 2.45) is 0 Å². The average molecular weight is 335 g/mol. The Labute approximate surface area is 128 Å². The van der Waals surface area contributed by atoms with Crippen molar-refractivity contribution in [2.75, 3.05) is 19.5 Å². The summed E-state index contributed by atoms with van der Waals surface area (Å²) in [7, 11) is 3.63. The fourth-order valence-electron chi connectivity index (χ4n) is 2.06. The van der Waals surface area contributed by atoms with Gasteiger partial charge in [0.05, 0.1) is 7.11 Å². The number of anilines is 1. The second-order valence-electron chi connectivity index (χ2n) is 4.51. The van der Waals surface area contributed by atoms with Crippen molar-refractivity contribution in [3.63, 3.8) is 0 Å². The minimum absolute atomic E-state index is 0.770. The van der Waals surface area contributed by atoms with Gasteiger partial charge < -0.3 is 15.4 Å². The molecule has 0 aliphatic carbocycles. The minimum Gasteiger partial charge on any atom is -0.496 e. The van der Waals surface area contributed by atoms with E-state index in [1.807, 2.05) is 19.2 Å². The third-order valence-electron chi connectivity index (χ3n) is 3.10. The molecule has 4 heteroatoms. The Bertz CT molecular complexity index is 572. The second kappa shape index (κ2) is 7.31. The van der Waals surface area contributed by atoms with Crippen LogP contribution < -0.4 is 15.4 Å². The molecule has 0 atom stereocenters. The van der Waals surface area contributed by atoms with Crippen molar-refractivity contribution in [2.45, 2.75) is 13.1 Å². The molecule has 0 fully saturated rings. The Morgan fingerprint density at radius 3 is 2.70 bits per heavy atom. The normalized spacial score (nSPS) is 10.3. The molecule has 3 nitrogen and oxygen atoms in total. The number of rotatable bonds is 6. The first kappa shape index (κ1) is 14.9. The van der Waals surface area contributed by atoms with Gasteiger partial charge in [-0.2, -0.15) is 0 Å². The Kier molecular flexibility index (Phi) is 5.44. The van der Waals surface area contributed by atoms with E-state index in [9.17, 15) is 0 Å². The zero-order chi connectivity index (χ0) is 14.4. The largest absolute Gasteiger partial charge is 0.496 e. The summed E-state index contributed by atoms with van der Waals surface area (Å²) >= 11 is 3.49. The van der Waals surface area contributed by atoms with Gasteiger partial charge in [0.2, 0.25) is 0 Å². The Morgan fingerprint density at radius 1 is 1.10 bits per heavy atom. The second-order valence-corrected chi connectivity index (χ2v) is 5.43. The van der Waals surface area contributed by atoms with Gasteiger partial charge in [-0.05, 0) is 35.9 Å². The topological polar surface area (TPSA) is 33.3 Å². The molecule has 0 aliphatic rings. The van der Waals surface area contributed by atoms with Gasteiger partial charge in [-0.1, -0.05) is 28.1 Å². The Balaban J connectivity index is 1.97. The number of methoxy groups -OCH3 is 1. The maximum Gasteiger partial charge on any atom is 0.123 e. The first-order valence-electron chi connectivity index (χ1n) is 6.52. The highest BCUT2D eigenvalue weighted by atomic mass is 79.9. The van der Waals surface area contributed by atoms with Crippen LogP contribution in [0, 0.1) is 0 Å². The molecule has 0 spiro atoms. The molecule has 0 unspecified atom stereocenters. The van der Waals surface area contributed by atoms with Gasteiger partial charge in [0.15, 0.2) is 0 Å². The van der Waals surface area contributed by atoms with E-state index in [0.29, 0.717) is 0 Å². The van der Waals surface area contributed by atoms with Crippen molar-refractivity contribution in [3.05, 3.63) is 58.1 Å². The number of hydrogen-bond acceptors (Lipinski definition) is 3. The summed E-state index contributed by atoms with van der Waals surface area (Å²) in [6.07, 6.45) is 0. The van der Waals surface area contributed by atoms with Gasteiger partial charge in [-0.25, -0.2) is 0 Å². The van der Waals surface area contributed by atoms with Crippen LogP contribution in [0.2, 0.25) is 0 Å². The standard InChI is InChI=1S/C16H19BrN2O/c1-18-15-5-3-4-12(8-15)10-19-11-13-9-14(17)6-7-16(13)20-2/h3-9,18-19H,10-11H2,1-2H3. The molecule has 2 aromatic rings. The van der Waals surface area contributed by atoms with Gasteiger partial charge in [-0.3, -0.25) is 0 Å². The smallest absolute Gasteiger partial charge is 0.123 e. The predicted molar refractivity (Wildman–Crippen MR) is 87.2 cm³/mol. The van der Waals surface area contributed by atoms with Gasteiger partial charge in [0.25, 0.3) is 0 Å². The highest BCUT2D eigenvalue weighted by molar-refractivity contribution is 9.10. The molecule has 2 aromatic carbocycles. The predicted octanol–water partition coefficient (Wildman–Crippen LogP) is 3.79. The first-order chi connectivity index (χ1) is 9.72. The Morgan fingerprint density at radius 2 is 1.95 bits per heavy atom. The van der Waals surface area contributed by atoms with E-state index >= 15 is 0 Å². The van der Waals surface area contributed by atoms with Gasteiger partial charge >= 0.3 is 0 Å². The van der Waals surface area contributed by atoms with E-state index in [4.69, 9.17) is 4.74 Å². The number of benzene rings is 2. The fraction of sp³-hybridized carbons (Fsp3) is 0.250. The van der Waals surface area contributed by atoms with E-state index in [1.54, 1.807) is 7.11 Å². The van der Waals surface area contributed by atoms with Crippen LogP contribution in [-0.4, -0.2) is 14.2 Å². The van der Waals surface area contributed by atoms with Crippen LogP contribution >= 0.6 is 15.9 Å². The molecule has 106 valence electrons. The third-order valence-corrected chi connectivity index (χ3v) is 3.60. The molecule has 0 radical (unpaired) electrons. The van der Waals surface area contributed by atoms with Crippen LogP contribution in [0.1, 0.15) is 11.1 Å². The highest BCUT2D eigenvalue weighted by Crippen LogP contribution is 2.22. The molecule has 0 saturated heterocycles. The third kappa shape index (κ3) is 3.99. The lowest BCUT2D eigenvalue weighted by Gasteiger charge is -2.11. The summed E-state index contributed by atoms with van der Waals surface area (Å²) in [6.45, 7) is 1.59. The van der Waals surface area contributed by atoms with E-state index in [-0.39, 0.29) is 0 Å². The molecule has 0 amide bonds. The lowest BCUT2D eigenvalue weighted by molar-refractivity contribution is 0.407. The van der Waals surface area contributed by atoms with E-state index in [2.05, 4.69) is 56.9 Å². The summed E-state index contributed by atoms with van der Waals surface area (Å²) in [4.78, 5) is 0. The van der Waals surface area contributed by atoms with E-state index < -0.39 is 0 Å². The summed E-state index contributed by atoms with van der Waals surface area (Å²) in [5.74, 6) is 0.907. The lowest BCUT2D eigenvalue weighted by atomic mass is 10.1. The van der Waals surface area contributed by atoms with Gasteiger partial charge in [-0.15, -0.1) is 0 Å². The fourth-order valence-corrected chi connectivity index (χ4v) is 2.47. The number of hydrogen-bond donors (Lipinski definition) is 2. The summed E-state index contributed by atoms with van der Waals surface area (Å²) in [5.41, 5.74) is 3.53. The van der Waals surface area contributed by atoms with Crippen LogP contribution in [0.3, 0.4) is 0 Å². The molecule has 20 heavy (non-hydrogen) atoms. The van der Waals surface area contributed by atoms with Crippen molar-refractivity contribution < 1.29 is 4.74 Å². The zero-order valence-corrected chi connectivity index (χ0v) is 13.3. The molecular weight excluding hydrogens is 316 g/mol. The molecule has 0 saturated carbocycles. The molecular formula is C16H19BrN2O. The molecule has 0 heterocycles. The highest BCUT2D eigenvalue weighted by Gasteiger charge is 2.03. The Hall–Kier alpha value is -1.52. The van der Waals surface area contributed by atoms with Crippen LogP contribution in [0.4, 0.5) is 5.69 Å². The number of halogens is 1.